The van der Waals surface area contributed by atoms with Gasteiger partial charge in [0.05, 0.1) is 6.04 Å². The number of hydrogen-bond donors (Lipinski definition) is 2. The summed E-state index contributed by atoms with van der Waals surface area (Å²) in [4.78, 5) is 26.8. The Morgan fingerprint density at radius 3 is 2.33 bits per heavy atom. The fourth-order valence-corrected chi connectivity index (χ4v) is 3.92. The van der Waals surface area contributed by atoms with Crippen LogP contribution >= 0.6 is 15.9 Å². The van der Waals surface area contributed by atoms with Crippen LogP contribution in [0.5, 0.6) is 0 Å². The van der Waals surface area contributed by atoms with Gasteiger partial charge >= 0.3 is 6.03 Å². The molecule has 0 spiro atoms. The number of piperidine rings is 1. The first-order valence-corrected chi connectivity index (χ1v) is 9.99. The first kappa shape index (κ1) is 19.4. The smallest absolute Gasteiger partial charge is 0.317 e. The van der Waals surface area contributed by atoms with Crippen molar-refractivity contribution in [1.82, 2.24) is 10.2 Å². The number of amides is 3. The molecule has 1 heterocycles. The molecule has 0 radical (unpaired) electrons. The van der Waals surface area contributed by atoms with Crippen LogP contribution in [0, 0.1) is 5.92 Å². The number of likely N-dealkylation sites (tertiary alicyclic amines) is 1. The Morgan fingerprint density at radius 2 is 1.67 bits per heavy atom. The van der Waals surface area contributed by atoms with E-state index in [1.165, 1.54) is 0 Å². The lowest BCUT2D eigenvalue weighted by atomic mass is 9.96. The summed E-state index contributed by atoms with van der Waals surface area (Å²) in [6.07, 6.45) is 1.35. The average Bonchev–Trinajstić information content (AvgIpc) is 2.69. The quantitative estimate of drug-likeness (QED) is 0.747. The minimum atomic E-state index is -0.0906. The third kappa shape index (κ3) is 5.10. The molecule has 1 saturated heterocycles. The number of carbonyl (C=O) groups excluding carboxylic acids is 2. The van der Waals surface area contributed by atoms with Gasteiger partial charge in [-0.3, -0.25) is 4.79 Å². The largest absolute Gasteiger partial charge is 0.331 e. The third-order valence-electron chi connectivity index (χ3n) is 4.91. The van der Waals surface area contributed by atoms with Gasteiger partial charge in [0.2, 0.25) is 5.91 Å². The number of anilines is 1. The number of nitrogens with zero attached hydrogens (tertiary/aromatic N) is 1. The number of benzene rings is 2. The van der Waals surface area contributed by atoms with E-state index in [2.05, 4.69) is 26.6 Å². The molecule has 27 heavy (non-hydrogen) atoms. The molecular weight excluding hydrogens is 406 g/mol. The summed E-state index contributed by atoms with van der Waals surface area (Å²) in [6.45, 7) is 3.14. The van der Waals surface area contributed by atoms with Crippen LogP contribution in [0.3, 0.4) is 0 Å². The summed E-state index contributed by atoms with van der Waals surface area (Å²) in [5, 5.41) is 6.00. The highest BCUT2D eigenvalue weighted by atomic mass is 79.9. The van der Waals surface area contributed by atoms with E-state index in [-0.39, 0.29) is 23.9 Å². The van der Waals surface area contributed by atoms with Crippen molar-refractivity contribution in [3.63, 3.8) is 0 Å². The molecule has 2 aromatic carbocycles. The van der Waals surface area contributed by atoms with Crippen molar-refractivity contribution in [3.8, 4) is 0 Å². The lowest BCUT2D eigenvalue weighted by Gasteiger charge is -2.32. The van der Waals surface area contributed by atoms with Crippen LogP contribution in [0.15, 0.2) is 59.1 Å². The lowest BCUT2D eigenvalue weighted by molar-refractivity contribution is -0.121. The molecule has 3 rings (SSSR count). The van der Waals surface area contributed by atoms with Crippen molar-refractivity contribution < 1.29 is 9.59 Å². The first-order valence-electron chi connectivity index (χ1n) is 9.20. The maximum atomic E-state index is 12.6. The summed E-state index contributed by atoms with van der Waals surface area (Å²) >= 11 is 3.52. The van der Waals surface area contributed by atoms with Crippen LogP contribution in [-0.2, 0) is 4.79 Å². The maximum Gasteiger partial charge on any atom is 0.317 e. The molecule has 142 valence electrons. The Morgan fingerprint density at radius 1 is 1.04 bits per heavy atom. The standard InChI is InChI=1S/C21H24BrN3O2/c1-15(18-9-5-6-10-19(18)22)23-21(27)25-13-11-16(12-14-25)20(26)24-17-7-3-2-4-8-17/h2-10,15-16H,11-14H2,1H3,(H,23,27)(H,24,26). The van der Waals surface area contributed by atoms with Crippen molar-refractivity contribution in [2.45, 2.75) is 25.8 Å². The Kier molecular flexibility index (Phi) is 6.50. The number of para-hydroxylation sites is 1. The molecule has 1 aliphatic heterocycles. The highest BCUT2D eigenvalue weighted by Gasteiger charge is 2.28. The van der Waals surface area contributed by atoms with Crippen LogP contribution in [0.1, 0.15) is 31.4 Å². The second-order valence-electron chi connectivity index (χ2n) is 6.81. The minimum absolute atomic E-state index is 0.0304. The second kappa shape index (κ2) is 9.04. The summed E-state index contributed by atoms with van der Waals surface area (Å²) in [6, 6.07) is 17.2. The monoisotopic (exact) mass is 429 g/mol. The van der Waals surface area contributed by atoms with Gasteiger partial charge in [-0.1, -0.05) is 52.3 Å². The zero-order valence-electron chi connectivity index (χ0n) is 15.3. The van der Waals surface area contributed by atoms with Gasteiger partial charge in [-0.05, 0) is 43.5 Å². The second-order valence-corrected chi connectivity index (χ2v) is 7.66. The Hall–Kier alpha value is -2.34. The van der Waals surface area contributed by atoms with Crippen LogP contribution < -0.4 is 10.6 Å². The van der Waals surface area contributed by atoms with Gasteiger partial charge in [0.15, 0.2) is 0 Å². The minimum Gasteiger partial charge on any atom is -0.331 e. The summed E-state index contributed by atoms with van der Waals surface area (Å²) in [5.41, 5.74) is 1.85. The van der Waals surface area contributed by atoms with Gasteiger partial charge in [0.25, 0.3) is 0 Å². The molecule has 0 saturated carbocycles. The highest BCUT2D eigenvalue weighted by molar-refractivity contribution is 9.10. The van der Waals surface area contributed by atoms with E-state index >= 15 is 0 Å². The van der Waals surface area contributed by atoms with E-state index in [1.54, 1.807) is 4.90 Å². The molecule has 0 aromatic heterocycles. The van der Waals surface area contributed by atoms with Crippen LogP contribution in [0.25, 0.3) is 0 Å². The fourth-order valence-electron chi connectivity index (χ4n) is 3.29. The van der Waals surface area contributed by atoms with E-state index in [4.69, 9.17) is 0 Å². The Balaban J connectivity index is 1.49. The SMILES string of the molecule is CC(NC(=O)N1CCC(C(=O)Nc2ccccc2)CC1)c1ccccc1Br. The van der Waals surface area contributed by atoms with Crippen LogP contribution in [-0.4, -0.2) is 29.9 Å². The highest BCUT2D eigenvalue weighted by Crippen LogP contribution is 2.24. The van der Waals surface area contributed by atoms with E-state index in [0.29, 0.717) is 25.9 Å². The molecule has 1 fully saturated rings. The fraction of sp³-hybridized carbons (Fsp3) is 0.333. The van der Waals surface area contributed by atoms with E-state index in [0.717, 1.165) is 15.7 Å². The lowest BCUT2D eigenvalue weighted by Crippen LogP contribution is -2.46. The molecular formula is C21H24BrN3O2. The molecule has 0 aliphatic carbocycles. The van der Waals surface area contributed by atoms with E-state index in [9.17, 15) is 9.59 Å². The maximum absolute atomic E-state index is 12.6. The number of carbonyl (C=O) groups is 2. The molecule has 3 amide bonds. The van der Waals surface area contributed by atoms with Crippen LogP contribution in [0.4, 0.5) is 10.5 Å². The predicted molar refractivity (Wildman–Crippen MR) is 110 cm³/mol. The molecule has 2 N–H and O–H groups in total. The van der Waals surface area contributed by atoms with E-state index in [1.807, 2.05) is 61.5 Å². The van der Waals surface area contributed by atoms with Crippen molar-refractivity contribution >= 4 is 33.6 Å². The predicted octanol–water partition coefficient (Wildman–Crippen LogP) is 4.57. The van der Waals surface area contributed by atoms with Gasteiger partial charge in [0, 0.05) is 29.2 Å². The van der Waals surface area contributed by atoms with Gasteiger partial charge in [0.1, 0.15) is 0 Å². The molecule has 0 bridgehead atoms. The molecule has 1 aliphatic rings. The Bertz CT molecular complexity index is 789. The molecule has 1 atom stereocenters. The van der Waals surface area contributed by atoms with Gasteiger partial charge < -0.3 is 15.5 Å². The molecule has 6 heteroatoms. The van der Waals surface area contributed by atoms with Crippen molar-refractivity contribution in [1.29, 1.82) is 0 Å². The zero-order valence-corrected chi connectivity index (χ0v) is 16.9. The summed E-state index contributed by atoms with van der Waals surface area (Å²) in [5.74, 6) is -0.0298. The van der Waals surface area contributed by atoms with Crippen molar-refractivity contribution in [3.05, 3.63) is 64.6 Å². The van der Waals surface area contributed by atoms with Crippen molar-refractivity contribution in [2.24, 2.45) is 5.92 Å². The normalized spacial score (nSPS) is 15.9. The topological polar surface area (TPSA) is 61.4 Å². The average molecular weight is 430 g/mol. The zero-order chi connectivity index (χ0) is 19.2. The molecule has 1 unspecified atom stereocenters. The first-order chi connectivity index (χ1) is 13.0. The van der Waals surface area contributed by atoms with Gasteiger partial charge in [-0.25, -0.2) is 4.79 Å². The Labute approximate surface area is 168 Å². The molecule has 5 nitrogen and oxygen atoms in total. The number of halogens is 1. The van der Waals surface area contributed by atoms with Crippen LogP contribution in [0.2, 0.25) is 0 Å². The number of hydrogen-bond acceptors (Lipinski definition) is 2. The number of nitrogens with one attached hydrogen (secondary N) is 2. The summed E-state index contributed by atoms with van der Waals surface area (Å²) in [7, 11) is 0. The summed E-state index contributed by atoms with van der Waals surface area (Å²) < 4.78 is 0.981. The van der Waals surface area contributed by atoms with E-state index < -0.39 is 0 Å². The number of rotatable bonds is 4. The third-order valence-corrected chi connectivity index (χ3v) is 5.63. The van der Waals surface area contributed by atoms with Crippen molar-refractivity contribution in [2.75, 3.05) is 18.4 Å². The van der Waals surface area contributed by atoms with Gasteiger partial charge in [-0.2, -0.15) is 0 Å². The van der Waals surface area contributed by atoms with Gasteiger partial charge in [-0.15, -0.1) is 0 Å². The molecule has 2 aromatic rings. The number of urea groups is 1.